The maximum absolute atomic E-state index is 13.8. The summed E-state index contributed by atoms with van der Waals surface area (Å²) in [6.07, 6.45) is 5.54. The first-order valence-electron chi connectivity index (χ1n) is 10.3. The van der Waals surface area contributed by atoms with Crippen LogP contribution in [-0.2, 0) is 11.2 Å². The van der Waals surface area contributed by atoms with Crippen LogP contribution in [0.3, 0.4) is 0 Å². The minimum Gasteiger partial charge on any atom is -0.363 e. The van der Waals surface area contributed by atoms with E-state index in [9.17, 15) is 9.18 Å². The van der Waals surface area contributed by atoms with Gasteiger partial charge in [-0.3, -0.25) is 9.20 Å². The van der Waals surface area contributed by atoms with Crippen LogP contribution in [0.15, 0.2) is 30.6 Å². The lowest BCUT2D eigenvalue weighted by atomic mass is 9.93. The summed E-state index contributed by atoms with van der Waals surface area (Å²) in [6, 6.07) is 6.87. The van der Waals surface area contributed by atoms with Gasteiger partial charge in [-0.2, -0.15) is 5.26 Å². The molecule has 160 valence electrons. The number of nitrogens with zero attached hydrogens (tertiary/aromatic N) is 7. The number of carbonyl (C=O) groups is 1. The number of hydrogen-bond acceptors (Lipinski definition) is 6. The first-order valence-corrected chi connectivity index (χ1v) is 10.3. The van der Waals surface area contributed by atoms with E-state index in [1.165, 1.54) is 12.3 Å². The number of amides is 1. The maximum Gasteiger partial charge on any atom is 0.236 e. The normalized spacial score (nSPS) is 16.3. The average Bonchev–Trinajstić information content (AvgIpc) is 3.17. The van der Waals surface area contributed by atoms with Crippen LogP contribution >= 0.6 is 0 Å². The van der Waals surface area contributed by atoms with Crippen LogP contribution in [0.2, 0.25) is 0 Å². The highest BCUT2D eigenvalue weighted by atomic mass is 19.1. The third-order valence-electron chi connectivity index (χ3n) is 5.52. The second-order valence-corrected chi connectivity index (χ2v) is 8.04. The molecule has 8 nitrogen and oxygen atoms in total. The second kappa shape index (κ2) is 8.68. The molecule has 0 saturated carbocycles. The van der Waals surface area contributed by atoms with Gasteiger partial charge in [-0.1, -0.05) is 0 Å². The van der Waals surface area contributed by atoms with Gasteiger partial charge in [0.1, 0.15) is 29.4 Å². The molecule has 1 aliphatic heterocycles. The quantitative estimate of drug-likeness (QED) is 0.629. The van der Waals surface area contributed by atoms with Crippen molar-refractivity contribution in [3.63, 3.8) is 0 Å². The lowest BCUT2D eigenvalue weighted by Crippen LogP contribution is -2.40. The summed E-state index contributed by atoms with van der Waals surface area (Å²) in [5, 5.41) is 8.81. The van der Waals surface area contributed by atoms with Crippen molar-refractivity contribution in [1.82, 2.24) is 24.3 Å². The van der Waals surface area contributed by atoms with Gasteiger partial charge in [-0.05, 0) is 37.3 Å². The highest BCUT2D eigenvalue weighted by molar-refractivity contribution is 5.78. The summed E-state index contributed by atoms with van der Waals surface area (Å²) >= 11 is 0. The van der Waals surface area contributed by atoms with Crippen LogP contribution in [-0.4, -0.2) is 57.3 Å². The molecule has 4 heterocycles. The number of imidazole rings is 1. The van der Waals surface area contributed by atoms with Crippen molar-refractivity contribution in [2.24, 2.45) is 5.92 Å². The summed E-state index contributed by atoms with van der Waals surface area (Å²) in [5.74, 6) is 1.01. The molecule has 1 atom stereocenters. The zero-order chi connectivity index (χ0) is 22.0. The number of likely N-dealkylation sites (tertiary alicyclic amines) is 1. The number of halogens is 1. The Morgan fingerprint density at radius 1 is 1.35 bits per heavy atom. The molecular weight excluding hydrogens is 397 g/mol. The van der Waals surface area contributed by atoms with Gasteiger partial charge < -0.3 is 9.80 Å². The predicted octanol–water partition coefficient (Wildman–Crippen LogP) is 2.69. The summed E-state index contributed by atoms with van der Waals surface area (Å²) in [6.45, 7) is 1.32. The van der Waals surface area contributed by atoms with Crippen molar-refractivity contribution in [1.29, 1.82) is 5.26 Å². The van der Waals surface area contributed by atoms with Crippen molar-refractivity contribution < 1.29 is 9.18 Å². The third kappa shape index (κ3) is 4.48. The molecule has 0 bridgehead atoms. The van der Waals surface area contributed by atoms with Gasteiger partial charge in [-0.25, -0.2) is 19.3 Å². The van der Waals surface area contributed by atoms with Crippen LogP contribution < -0.4 is 4.90 Å². The van der Waals surface area contributed by atoms with Gasteiger partial charge in [0.2, 0.25) is 5.91 Å². The molecule has 3 aromatic rings. The Morgan fingerprint density at radius 2 is 2.19 bits per heavy atom. The molecule has 31 heavy (non-hydrogen) atoms. The Labute approximate surface area is 180 Å². The smallest absolute Gasteiger partial charge is 0.236 e. The molecular formula is C22H24FN7O. The van der Waals surface area contributed by atoms with E-state index in [0.717, 1.165) is 24.4 Å². The summed E-state index contributed by atoms with van der Waals surface area (Å²) in [7, 11) is 3.82. The van der Waals surface area contributed by atoms with Crippen LogP contribution in [0, 0.1) is 23.1 Å². The molecule has 9 heteroatoms. The van der Waals surface area contributed by atoms with Crippen LogP contribution in [0.5, 0.6) is 0 Å². The van der Waals surface area contributed by atoms with E-state index in [1.54, 1.807) is 21.6 Å². The van der Waals surface area contributed by atoms with Crippen molar-refractivity contribution in [2.45, 2.75) is 25.7 Å². The Hall–Kier alpha value is -3.54. The molecule has 0 N–H and O–H groups in total. The molecule has 0 aromatic carbocycles. The topological polar surface area (TPSA) is 90.4 Å². The number of nitriles is 1. The molecule has 0 radical (unpaired) electrons. The minimum atomic E-state index is -0.361. The number of hydrogen-bond donors (Lipinski definition) is 0. The summed E-state index contributed by atoms with van der Waals surface area (Å²) in [4.78, 5) is 29.6. The van der Waals surface area contributed by atoms with Crippen molar-refractivity contribution in [3.8, 4) is 17.6 Å². The first-order chi connectivity index (χ1) is 14.9. The van der Waals surface area contributed by atoms with Gasteiger partial charge in [0.15, 0.2) is 5.82 Å². The fraction of sp³-hybridized carbons (Fsp3) is 0.409. The fourth-order valence-corrected chi connectivity index (χ4v) is 3.98. The Morgan fingerprint density at radius 3 is 2.97 bits per heavy atom. The number of aromatic nitrogens is 4. The Bertz CT molecular complexity index is 1150. The van der Waals surface area contributed by atoms with E-state index in [4.69, 9.17) is 10.2 Å². The lowest BCUT2D eigenvalue weighted by molar-refractivity contribution is -0.131. The Kier molecular flexibility index (Phi) is 5.80. The average molecular weight is 421 g/mol. The van der Waals surface area contributed by atoms with E-state index in [0.29, 0.717) is 36.7 Å². The highest BCUT2D eigenvalue weighted by Gasteiger charge is 2.24. The molecule has 4 rings (SSSR count). The number of fused-ring (bicyclic) bond motifs is 1. The number of pyridine rings is 1. The molecule has 1 amide bonds. The molecule has 1 saturated heterocycles. The zero-order valence-electron chi connectivity index (χ0n) is 17.6. The number of piperidine rings is 1. The van der Waals surface area contributed by atoms with E-state index in [1.807, 2.05) is 31.1 Å². The molecule has 0 aliphatic carbocycles. The van der Waals surface area contributed by atoms with Gasteiger partial charge >= 0.3 is 0 Å². The minimum absolute atomic E-state index is 0.0833. The molecule has 0 spiro atoms. The van der Waals surface area contributed by atoms with E-state index in [-0.39, 0.29) is 24.1 Å². The van der Waals surface area contributed by atoms with Crippen molar-refractivity contribution >= 4 is 17.4 Å². The van der Waals surface area contributed by atoms with Crippen LogP contribution in [0.4, 0.5) is 10.2 Å². The number of carbonyl (C=O) groups excluding carboxylic acids is 1. The van der Waals surface area contributed by atoms with Gasteiger partial charge in [0.05, 0.1) is 12.3 Å². The van der Waals surface area contributed by atoms with Crippen molar-refractivity contribution in [3.05, 3.63) is 42.1 Å². The van der Waals surface area contributed by atoms with Gasteiger partial charge in [0, 0.05) is 45.1 Å². The Balaban J connectivity index is 1.64. The number of rotatable bonds is 5. The summed E-state index contributed by atoms with van der Waals surface area (Å²) < 4.78 is 15.5. The predicted molar refractivity (Wildman–Crippen MR) is 114 cm³/mol. The molecule has 3 aromatic heterocycles. The maximum atomic E-state index is 13.8. The van der Waals surface area contributed by atoms with Crippen LogP contribution in [0.25, 0.3) is 17.2 Å². The number of anilines is 1. The van der Waals surface area contributed by atoms with Gasteiger partial charge in [-0.15, -0.1) is 0 Å². The third-order valence-corrected chi connectivity index (χ3v) is 5.52. The monoisotopic (exact) mass is 421 g/mol. The van der Waals surface area contributed by atoms with Gasteiger partial charge in [0.25, 0.3) is 0 Å². The van der Waals surface area contributed by atoms with E-state index < -0.39 is 0 Å². The fourth-order valence-electron chi connectivity index (χ4n) is 3.98. The second-order valence-electron chi connectivity index (χ2n) is 8.04. The van der Waals surface area contributed by atoms with Crippen molar-refractivity contribution in [2.75, 3.05) is 32.1 Å². The van der Waals surface area contributed by atoms with Crippen LogP contribution in [0.1, 0.15) is 25.0 Å². The van der Waals surface area contributed by atoms with E-state index in [2.05, 4.69) is 9.97 Å². The lowest BCUT2D eigenvalue weighted by Gasteiger charge is -2.32. The summed E-state index contributed by atoms with van der Waals surface area (Å²) in [5.41, 5.74) is 2.10. The first kappa shape index (κ1) is 20.7. The molecule has 1 aliphatic rings. The highest BCUT2D eigenvalue weighted by Crippen LogP contribution is 2.25. The molecule has 1 fully saturated rings. The molecule has 0 unspecified atom stereocenters. The van der Waals surface area contributed by atoms with E-state index >= 15 is 0 Å². The zero-order valence-corrected chi connectivity index (χ0v) is 17.6. The largest absolute Gasteiger partial charge is 0.363 e. The SMILES string of the molecule is CN(C)c1cc(C[C@@H]2CCCN(C(=O)CC#N)C2)nc(-c2cnc3ccc(F)cn23)n1. The standard InChI is InChI=1S/C22H24FN7O/c1-28(2)20-11-17(10-15-4-3-9-29(13-15)21(31)7-8-24)26-22(27-20)18-12-25-19-6-5-16(23)14-30(18)19/h5-6,11-12,14-15H,3-4,7,9-10,13H2,1-2H3/t15-/m0/s1.